The van der Waals surface area contributed by atoms with Crippen LogP contribution in [0.1, 0.15) is 79.4 Å². The van der Waals surface area contributed by atoms with E-state index in [1.807, 2.05) is 0 Å². The number of hydrogen-bond donors (Lipinski definition) is 1. The average Bonchev–Trinajstić information content (AvgIpc) is 2.60. The van der Waals surface area contributed by atoms with Crippen molar-refractivity contribution in [3.63, 3.8) is 0 Å². The van der Waals surface area contributed by atoms with Gasteiger partial charge in [0.25, 0.3) is 0 Å². The fraction of sp³-hybridized carbons (Fsp3) is 1.00. The molecule has 96 valence electrons. The summed E-state index contributed by atoms with van der Waals surface area (Å²) >= 11 is 0. The van der Waals surface area contributed by atoms with Crippen molar-refractivity contribution in [1.82, 2.24) is 0 Å². The monoisotopic (exact) mass is 246 g/mol. The van der Waals surface area contributed by atoms with Crippen LogP contribution in [-0.4, -0.2) is 31.1 Å². The van der Waals surface area contributed by atoms with Crippen molar-refractivity contribution in [2.45, 2.75) is 63.8 Å². The molecule has 0 bridgehead atoms. The van der Waals surface area contributed by atoms with Crippen LogP contribution in [0.2, 0.25) is 0 Å². The van der Waals surface area contributed by atoms with Gasteiger partial charge in [-0.3, -0.25) is 0 Å². The average molecular weight is 246 g/mol. The molecule has 1 atom stereocenters. The summed E-state index contributed by atoms with van der Waals surface area (Å²) in [7, 11) is 0. The van der Waals surface area contributed by atoms with Gasteiger partial charge in [0, 0.05) is 36.2 Å². The van der Waals surface area contributed by atoms with Crippen LogP contribution in [0, 0.1) is 0 Å². The minimum atomic E-state index is -4.34. The van der Waals surface area contributed by atoms with Gasteiger partial charge in [0.1, 0.15) is 0 Å². The van der Waals surface area contributed by atoms with Crippen molar-refractivity contribution in [3.8, 4) is 0 Å². The molecule has 1 aliphatic heterocycles. The van der Waals surface area contributed by atoms with E-state index in [4.69, 9.17) is 31.4 Å². The highest BCUT2D eigenvalue weighted by Crippen LogP contribution is 2.14. The molecule has 0 aromatic rings. The first-order valence-electron chi connectivity index (χ1n) is 12.8. The predicted molar refractivity (Wildman–Crippen MR) is 64.3 cm³/mol. The third kappa shape index (κ3) is 7.20. The van der Waals surface area contributed by atoms with Gasteiger partial charge in [0.2, 0.25) is 0 Å². The quantitative estimate of drug-likeness (QED) is 0.680. The fourth-order valence-corrected chi connectivity index (χ4v) is 1.08. The second kappa shape index (κ2) is 10.1. The highest BCUT2D eigenvalue weighted by Gasteiger charge is 2.12. The Balaban J connectivity index is 3.47. The Morgan fingerprint density at radius 3 is 2.56 bits per heavy atom. The number of hydrogen-bond acceptors (Lipinski definition) is 3. The molecule has 1 N–H and O–H groups in total. The SMILES string of the molecule is [2H]C([2H])(O)C([2H])([2H])C([2H])([2H])C([2H])([2H])C([2H])([2H])C([2H])([2H])C([2H])([2H])C([2H])([2H])OC1CCCCO1. The summed E-state index contributed by atoms with van der Waals surface area (Å²) in [4.78, 5) is 0. The van der Waals surface area contributed by atoms with Crippen LogP contribution in [0.4, 0.5) is 0 Å². The second-order valence-electron chi connectivity index (χ2n) is 2.88. The summed E-state index contributed by atoms with van der Waals surface area (Å²) in [6.45, 7) is -7.50. The molecule has 1 rings (SSSR count). The van der Waals surface area contributed by atoms with Crippen LogP contribution in [0.5, 0.6) is 0 Å². The van der Waals surface area contributed by atoms with E-state index in [1.54, 1.807) is 0 Å². The normalized spacial score (nSPS) is 43.2. The lowest BCUT2D eigenvalue weighted by Crippen LogP contribution is -2.22. The Labute approximate surface area is 122 Å². The van der Waals surface area contributed by atoms with Gasteiger partial charge in [-0.1, -0.05) is 25.5 Å². The van der Waals surface area contributed by atoms with Gasteiger partial charge < -0.3 is 14.6 Å². The maximum absolute atomic E-state index is 9.35. The van der Waals surface area contributed by atoms with Crippen LogP contribution in [-0.2, 0) is 9.47 Å². The van der Waals surface area contributed by atoms with Crippen LogP contribution in [0.25, 0.3) is 0 Å². The summed E-state index contributed by atoms with van der Waals surface area (Å²) in [6, 6.07) is 0. The van der Waals surface area contributed by atoms with Crippen molar-refractivity contribution in [3.05, 3.63) is 0 Å². The molecule has 0 aliphatic carbocycles. The van der Waals surface area contributed by atoms with Gasteiger partial charge >= 0.3 is 0 Å². The van der Waals surface area contributed by atoms with Gasteiger partial charge in [0.15, 0.2) is 6.29 Å². The van der Waals surface area contributed by atoms with Gasteiger partial charge in [-0.05, 0) is 32.0 Å². The third-order valence-electron chi connectivity index (χ3n) is 1.75. The summed E-state index contributed by atoms with van der Waals surface area (Å²) < 4.78 is 134. The van der Waals surface area contributed by atoms with Crippen LogP contribution in [0.15, 0.2) is 0 Å². The van der Waals surface area contributed by atoms with E-state index >= 15 is 0 Å². The van der Waals surface area contributed by atoms with E-state index in [0.29, 0.717) is 12.8 Å². The summed E-state index contributed by atoms with van der Waals surface area (Å²) in [5.41, 5.74) is 0. The first-order chi connectivity index (χ1) is 13.8. The van der Waals surface area contributed by atoms with Crippen LogP contribution in [0.3, 0.4) is 0 Å². The first-order valence-corrected chi connectivity index (χ1v) is 4.85. The van der Waals surface area contributed by atoms with Gasteiger partial charge in [-0.25, -0.2) is 0 Å². The highest BCUT2D eigenvalue weighted by atomic mass is 16.7. The molecule has 0 spiro atoms. The van der Waals surface area contributed by atoms with E-state index in [-0.39, 0.29) is 13.0 Å². The lowest BCUT2D eigenvalue weighted by molar-refractivity contribution is -0.162. The lowest BCUT2D eigenvalue weighted by Gasteiger charge is -2.22. The van der Waals surface area contributed by atoms with Gasteiger partial charge in [0.05, 0.1) is 5.48 Å². The van der Waals surface area contributed by atoms with Crippen molar-refractivity contribution in [2.24, 2.45) is 0 Å². The van der Waals surface area contributed by atoms with E-state index in [2.05, 4.69) is 0 Å². The molecule has 1 fully saturated rings. The first kappa shape index (κ1) is 3.46. The smallest absolute Gasteiger partial charge is 0.157 e. The van der Waals surface area contributed by atoms with E-state index in [9.17, 15) is 5.11 Å². The molecule has 1 heterocycles. The number of ether oxygens (including phenoxy) is 2. The molecular formula is C13H26O3. The molecule has 0 radical (unpaired) electrons. The maximum Gasteiger partial charge on any atom is 0.157 e. The molecule has 0 aromatic heterocycles. The zero-order chi connectivity index (χ0) is 25.8. The molecule has 3 nitrogen and oxygen atoms in total. The summed E-state index contributed by atoms with van der Waals surface area (Å²) in [5.74, 6) is 0. The molecule has 3 heteroatoms. The Morgan fingerprint density at radius 2 is 1.88 bits per heavy atom. The molecule has 1 saturated heterocycles. The standard InChI is InChI=1S/C13H26O3/c14-10-6-3-1-2-4-7-11-15-13-9-5-8-12-16-13/h13-14H,1-12H2/i1D2,2D2,3D2,4D2,6D2,7D2,10D2,11D2. The largest absolute Gasteiger partial charge is 0.396 e. The molecule has 0 saturated carbocycles. The second-order valence-corrected chi connectivity index (χ2v) is 2.88. The topological polar surface area (TPSA) is 38.7 Å². The van der Waals surface area contributed by atoms with Gasteiger partial charge in [-0.2, -0.15) is 0 Å². The van der Waals surface area contributed by atoms with Crippen molar-refractivity contribution < 1.29 is 36.5 Å². The summed E-state index contributed by atoms with van der Waals surface area (Å²) in [6.07, 6.45) is -25.3. The molecule has 0 amide bonds. The van der Waals surface area contributed by atoms with Crippen LogP contribution >= 0.6 is 0 Å². The Morgan fingerprint density at radius 1 is 1.12 bits per heavy atom. The van der Waals surface area contributed by atoms with Crippen molar-refractivity contribution in [2.75, 3.05) is 19.7 Å². The van der Waals surface area contributed by atoms with Crippen LogP contribution < -0.4 is 0 Å². The Bertz CT molecular complexity index is 665. The predicted octanol–water partition coefficient (Wildman–Crippen LogP) is 2.86. The Hall–Kier alpha value is -0.120. The molecule has 1 unspecified atom stereocenters. The van der Waals surface area contributed by atoms with Crippen molar-refractivity contribution in [1.29, 1.82) is 0 Å². The lowest BCUT2D eigenvalue weighted by atomic mass is 10.1. The summed E-state index contributed by atoms with van der Waals surface area (Å²) in [5, 5.41) is 9.35. The maximum atomic E-state index is 9.35. The minimum absolute atomic E-state index is 0.126. The third-order valence-corrected chi connectivity index (χ3v) is 1.75. The number of rotatable bonds is 9. The van der Waals surface area contributed by atoms with E-state index in [1.165, 1.54) is 0 Å². The highest BCUT2D eigenvalue weighted by molar-refractivity contribution is 4.54. The zero-order valence-corrected chi connectivity index (χ0v) is 8.67. The molecular weight excluding hydrogens is 204 g/mol. The molecule has 16 heavy (non-hydrogen) atoms. The number of aliphatic hydroxyl groups is 1. The zero-order valence-electron chi connectivity index (χ0n) is 24.7. The van der Waals surface area contributed by atoms with E-state index in [0.717, 1.165) is 0 Å². The Kier molecular flexibility index (Phi) is 2.18. The minimum Gasteiger partial charge on any atom is -0.396 e. The molecule has 0 aromatic carbocycles. The van der Waals surface area contributed by atoms with E-state index < -0.39 is 57.6 Å². The van der Waals surface area contributed by atoms with Gasteiger partial charge in [-0.15, -0.1) is 0 Å². The fourth-order valence-electron chi connectivity index (χ4n) is 1.08. The molecule has 1 aliphatic rings. The van der Waals surface area contributed by atoms with Crippen molar-refractivity contribution >= 4 is 0 Å².